The van der Waals surface area contributed by atoms with Crippen molar-refractivity contribution < 1.29 is 9.90 Å². The molecule has 0 bridgehead atoms. The van der Waals surface area contributed by atoms with E-state index < -0.39 is 5.97 Å². The monoisotopic (exact) mass is 205 g/mol. The molecule has 80 valence electrons. The van der Waals surface area contributed by atoms with Gasteiger partial charge in [-0.3, -0.25) is 0 Å². The van der Waals surface area contributed by atoms with Gasteiger partial charge in [-0.05, 0) is 36.9 Å². The van der Waals surface area contributed by atoms with Crippen molar-refractivity contribution in [1.82, 2.24) is 5.32 Å². The van der Waals surface area contributed by atoms with Crippen molar-refractivity contribution in [2.75, 3.05) is 13.1 Å². The molecule has 15 heavy (non-hydrogen) atoms. The van der Waals surface area contributed by atoms with E-state index in [-0.39, 0.29) is 0 Å². The van der Waals surface area contributed by atoms with Crippen molar-refractivity contribution >= 4 is 5.97 Å². The zero-order valence-electron chi connectivity index (χ0n) is 8.57. The lowest BCUT2D eigenvalue weighted by molar-refractivity contribution is 0.0695. The Balaban J connectivity index is 2.29. The minimum absolute atomic E-state index is 0.353. The summed E-state index contributed by atoms with van der Waals surface area (Å²) in [6.07, 6.45) is 2.20. The quantitative estimate of drug-likeness (QED) is 0.774. The second kappa shape index (κ2) is 4.45. The third-order valence-electron chi connectivity index (χ3n) is 2.93. The SMILES string of the molecule is O=C(O)c1ccccc1[C@H]1CCCNC1. The van der Waals surface area contributed by atoms with Gasteiger partial charge in [0.15, 0.2) is 0 Å². The van der Waals surface area contributed by atoms with Gasteiger partial charge in [0.1, 0.15) is 0 Å². The van der Waals surface area contributed by atoms with Gasteiger partial charge in [-0.25, -0.2) is 4.79 Å². The van der Waals surface area contributed by atoms with Gasteiger partial charge in [-0.1, -0.05) is 18.2 Å². The molecule has 0 amide bonds. The second-order valence-corrected chi connectivity index (χ2v) is 3.94. The van der Waals surface area contributed by atoms with Gasteiger partial charge in [-0.2, -0.15) is 0 Å². The van der Waals surface area contributed by atoms with Gasteiger partial charge in [0.05, 0.1) is 5.56 Å². The van der Waals surface area contributed by atoms with E-state index in [4.69, 9.17) is 5.11 Å². The molecule has 0 saturated carbocycles. The Kier molecular flexibility index (Phi) is 3.02. The third kappa shape index (κ3) is 2.18. The molecule has 1 atom stereocenters. The predicted octanol–water partition coefficient (Wildman–Crippen LogP) is 1.85. The van der Waals surface area contributed by atoms with E-state index in [0.717, 1.165) is 31.5 Å². The van der Waals surface area contributed by atoms with Gasteiger partial charge < -0.3 is 10.4 Å². The van der Waals surface area contributed by atoms with E-state index in [2.05, 4.69) is 5.32 Å². The van der Waals surface area contributed by atoms with Gasteiger partial charge in [0, 0.05) is 6.54 Å². The number of carboxylic acid groups (broad SMARTS) is 1. The first-order valence-electron chi connectivity index (χ1n) is 5.32. The first-order valence-corrected chi connectivity index (χ1v) is 5.32. The lowest BCUT2D eigenvalue weighted by atomic mass is 9.88. The molecule has 1 saturated heterocycles. The summed E-state index contributed by atoms with van der Waals surface area (Å²) in [5.41, 5.74) is 1.42. The molecule has 1 aromatic rings. The molecule has 0 aliphatic carbocycles. The van der Waals surface area contributed by atoms with Crippen molar-refractivity contribution in [3.63, 3.8) is 0 Å². The van der Waals surface area contributed by atoms with Crippen LogP contribution in [0.1, 0.15) is 34.7 Å². The van der Waals surface area contributed by atoms with Gasteiger partial charge in [-0.15, -0.1) is 0 Å². The average molecular weight is 205 g/mol. The van der Waals surface area contributed by atoms with Crippen LogP contribution < -0.4 is 5.32 Å². The number of piperidine rings is 1. The Bertz CT molecular complexity index is 356. The van der Waals surface area contributed by atoms with E-state index in [0.29, 0.717) is 11.5 Å². The first kappa shape index (κ1) is 10.2. The lowest BCUT2D eigenvalue weighted by Gasteiger charge is -2.24. The van der Waals surface area contributed by atoms with Crippen LogP contribution in [-0.2, 0) is 0 Å². The third-order valence-corrected chi connectivity index (χ3v) is 2.93. The number of rotatable bonds is 2. The van der Waals surface area contributed by atoms with E-state index in [1.807, 2.05) is 12.1 Å². The summed E-state index contributed by atoms with van der Waals surface area (Å²) in [7, 11) is 0. The smallest absolute Gasteiger partial charge is 0.335 e. The van der Waals surface area contributed by atoms with Gasteiger partial charge >= 0.3 is 5.97 Å². The fourth-order valence-electron chi connectivity index (χ4n) is 2.17. The van der Waals surface area contributed by atoms with Crippen LogP contribution in [0.15, 0.2) is 24.3 Å². The van der Waals surface area contributed by atoms with E-state index in [9.17, 15) is 4.79 Å². The maximum Gasteiger partial charge on any atom is 0.335 e. The highest BCUT2D eigenvalue weighted by atomic mass is 16.4. The minimum Gasteiger partial charge on any atom is -0.478 e. The number of carbonyl (C=O) groups is 1. The number of hydrogen-bond acceptors (Lipinski definition) is 2. The Morgan fingerprint density at radius 1 is 1.40 bits per heavy atom. The summed E-state index contributed by atoms with van der Waals surface area (Å²) in [5.74, 6) is -0.470. The fraction of sp³-hybridized carbons (Fsp3) is 0.417. The Labute approximate surface area is 89.1 Å². The van der Waals surface area contributed by atoms with Crippen molar-refractivity contribution in [2.24, 2.45) is 0 Å². The number of carboxylic acids is 1. The molecule has 0 spiro atoms. The minimum atomic E-state index is -0.823. The standard InChI is InChI=1S/C12H15NO2/c14-12(15)11-6-2-1-5-10(11)9-4-3-7-13-8-9/h1-2,5-6,9,13H,3-4,7-8H2,(H,14,15)/t9-/m0/s1. The Morgan fingerprint density at radius 3 is 2.87 bits per heavy atom. The molecule has 1 aliphatic rings. The van der Waals surface area contributed by atoms with Crippen LogP contribution in [0.4, 0.5) is 0 Å². The maximum absolute atomic E-state index is 11.0. The molecule has 0 aromatic heterocycles. The fourth-order valence-corrected chi connectivity index (χ4v) is 2.17. The topological polar surface area (TPSA) is 49.3 Å². The van der Waals surface area contributed by atoms with Crippen molar-refractivity contribution in [3.8, 4) is 0 Å². The molecular formula is C12H15NO2. The highest BCUT2D eigenvalue weighted by Crippen LogP contribution is 2.26. The zero-order valence-corrected chi connectivity index (χ0v) is 8.57. The van der Waals surface area contributed by atoms with E-state index >= 15 is 0 Å². The van der Waals surface area contributed by atoms with Crippen molar-refractivity contribution in [3.05, 3.63) is 35.4 Å². The summed E-state index contributed by atoms with van der Waals surface area (Å²) >= 11 is 0. The molecule has 0 radical (unpaired) electrons. The summed E-state index contributed by atoms with van der Waals surface area (Å²) in [6, 6.07) is 7.31. The van der Waals surface area contributed by atoms with Gasteiger partial charge in [0.2, 0.25) is 0 Å². The second-order valence-electron chi connectivity index (χ2n) is 3.94. The number of benzene rings is 1. The zero-order chi connectivity index (χ0) is 10.7. The molecule has 0 unspecified atom stereocenters. The van der Waals surface area contributed by atoms with E-state index in [1.165, 1.54) is 0 Å². The van der Waals surface area contributed by atoms with Crippen LogP contribution in [0.5, 0.6) is 0 Å². The molecule has 1 heterocycles. The van der Waals surface area contributed by atoms with Crippen molar-refractivity contribution in [2.45, 2.75) is 18.8 Å². The predicted molar refractivity (Wildman–Crippen MR) is 58.2 cm³/mol. The van der Waals surface area contributed by atoms with Crippen LogP contribution in [0.2, 0.25) is 0 Å². The molecule has 1 aromatic carbocycles. The number of nitrogens with one attached hydrogen (secondary N) is 1. The molecular weight excluding hydrogens is 190 g/mol. The number of aromatic carboxylic acids is 1. The van der Waals surface area contributed by atoms with Crippen LogP contribution >= 0.6 is 0 Å². The van der Waals surface area contributed by atoms with Crippen molar-refractivity contribution in [1.29, 1.82) is 0 Å². The highest BCUT2D eigenvalue weighted by molar-refractivity contribution is 5.89. The maximum atomic E-state index is 11.0. The molecule has 2 rings (SSSR count). The average Bonchev–Trinajstić information content (AvgIpc) is 2.30. The van der Waals surface area contributed by atoms with Crippen LogP contribution in [-0.4, -0.2) is 24.2 Å². The van der Waals surface area contributed by atoms with Crippen LogP contribution in [0.3, 0.4) is 0 Å². The Morgan fingerprint density at radius 2 is 2.20 bits per heavy atom. The summed E-state index contributed by atoms with van der Waals surface area (Å²) in [5, 5.41) is 12.4. The highest BCUT2D eigenvalue weighted by Gasteiger charge is 2.20. The molecule has 2 N–H and O–H groups in total. The van der Waals surface area contributed by atoms with Crippen LogP contribution in [0.25, 0.3) is 0 Å². The first-order chi connectivity index (χ1) is 7.29. The van der Waals surface area contributed by atoms with Gasteiger partial charge in [0.25, 0.3) is 0 Å². The normalized spacial score (nSPS) is 21.2. The molecule has 1 aliphatic heterocycles. The summed E-state index contributed by atoms with van der Waals surface area (Å²) in [4.78, 5) is 11.0. The summed E-state index contributed by atoms with van der Waals surface area (Å²) < 4.78 is 0. The largest absolute Gasteiger partial charge is 0.478 e. The molecule has 3 heteroatoms. The lowest BCUT2D eigenvalue weighted by Crippen LogP contribution is -2.29. The summed E-state index contributed by atoms with van der Waals surface area (Å²) in [6.45, 7) is 1.94. The number of hydrogen-bond donors (Lipinski definition) is 2. The van der Waals surface area contributed by atoms with Crippen LogP contribution in [0, 0.1) is 0 Å². The molecule has 3 nitrogen and oxygen atoms in total. The van der Waals surface area contributed by atoms with E-state index in [1.54, 1.807) is 12.1 Å². The Hall–Kier alpha value is -1.35. The molecule has 1 fully saturated rings.